The van der Waals surface area contributed by atoms with E-state index in [1.807, 2.05) is 12.1 Å². The lowest BCUT2D eigenvalue weighted by molar-refractivity contribution is 1.21. The van der Waals surface area contributed by atoms with Gasteiger partial charge in [-0.2, -0.15) is 0 Å². The zero-order valence-corrected chi connectivity index (χ0v) is 8.38. The Morgan fingerprint density at radius 2 is 1.92 bits per heavy atom. The van der Waals surface area contributed by atoms with Gasteiger partial charge in [0.1, 0.15) is 5.17 Å². The number of aliphatic imine (C=N–C) groups is 1. The van der Waals surface area contributed by atoms with E-state index in [-0.39, 0.29) is 0 Å². The number of hydrogen-bond donors (Lipinski definition) is 0. The first-order chi connectivity index (χ1) is 6.25. The highest BCUT2D eigenvalue weighted by atomic mass is 35.5. The summed E-state index contributed by atoms with van der Waals surface area (Å²) in [4.78, 5) is 4.34. The SMILES string of the molecule is Cc1ccc(N=C(Cl)C2CC2)cc1. The van der Waals surface area contributed by atoms with Crippen molar-refractivity contribution in [2.45, 2.75) is 19.8 Å². The summed E-state index contributed by atoms with van der Waals surface area (Å²) < 4.78 is 0. The Bertz CT molecular complexity index is 322. The third-order valence-electron chi connectivity index (χ3n) is 2.18. The van der Waals surface area contributed by atoms with Crippen molar-refractivity contribution in [1.82, 2.24) is 0 Å². The Hall–Kier alpha value is -0.820. The van der Waals surface area contributed by atoms with Crippen molar-refractivity contribution in [2.24, 2.45) is 10.9 Å². The minimum absolute atomic E-state index is 0.544. The first-order valence-electron chi connectivity index (χ1n) is 4.56. The zero-order chi connectivity index (χ0) is 9.26. The molecule has 0 amide bonds. The van der Waals surface area contributed by atoms with Gasteiger partial charge in [0.25, 0.3) is 0 Å². The molecule has 0 N–H and O–H groups in total. The number of halogens is 1. The highest BCUT2D eigenvalue weighted by Crippen LogP contribution is 2.33. The van der Waals surface area contributed by atoms with Gasteiger partial charge >= 0.3 is 0 Å². The third kappa shape index (κ3) is 2.31. The van der Waals surface area contributed by atoms with Crippen LogP contribution in [0.4, 0.5) is 5.69 Å². The quantitative estimate of drug-likeness (QED) is 0.636. The number of rotatable bonds is 2. The fourth-order valence-electron chi connectivity index (χ4n) is 1.16. The van der Waals surface area contributed by atoms with Crippen molar-refractivity contribution in [3.63, 3.8) is 0 Å². The van der Waals surface area contributed by atoms with E-state index >= 15 is 0 Å². The summed E-state index contributed by atoms with van der Waals surface area (Å²) in [7, 11) is 0. The van der Waals surface area contributed by atoms with Crippen LogP contribution in [0, 0.1) is 12.8 Å². The maximum absolute atomic E-state index is 6.00. The number of aryl methyl sites for hydroxylation is 1. The molecular weight excluding hydrogens is 182 g/mol. The van der Waals surface area contributed by atoms with E-state index < -0.39 is 0 Å². The van der Waals surface area contributed by atoms with E-state index in [4.69, 9.17) is 11.6 Å². The molecule has 0 aliphatic heterocycles. The summed E-state index contributed by atoms with van der Waals surface area (Å²) >= 11 is 6.00. The van der Waals surface area contributed by atoms with Crippen molar-refractivity contribution < 1.29 is 0 Å². The molecule has 1 aromatic carbocycles. The second kappa shape index (κ2) is 3.51. The van der Waals surface area contributed by atoms with Crippen LogP contribution in [0.5, 0.6) is 0 Å². The minimum atomic E-state index is 0.544. The van der Waals surface area contributed by atoms with Crippen molar-refractivity contribution in [2.75, 3.05) is 0 Å². The van der Waals surface area contributed by atoms with E-state index in [2.05, 4.69) is 24.0 Å². The minimum Gasteiger partial charge on any atom is -0.241 e. The third-order valence-corrected chi connectivity index (χ3v) is 2.58. The molecule has 1 fully saturated rings. The fourth-order valence-corrected chi connectivity index (χ4v) is 1.47. The van der Waals surface area contributed by atoms with Crippen LogP contribution in [0.2, 0.25) is 0 Å². The molecular formula is C11H12ClN. The Morgan fingerprint density at radius 3 is 2.46 bits per heavy atom. The predicted molar refractivity (Wildman–Crippen MR) is 56.9 cm³/mol. The van der Waals surface area contributed by atoms with Crippen molar-refractivity contribution in [3.8, 4) is 0 Å². The van der Waals surface area contributed by atoms with Gasteiger partial charge in [0.2, 0.25) is 0 Å². The summed E-state index contributed by atoms with van der Waals surface area (Å²) in [6, 6.07) is 8.10. The number of hydrogen-bond acceptors (Lipinski definition) is 1. The van der Waals surface area contributed by atoms with Gasteiger partial charge in [-0.3, -0.25) is 0 Å². The normalized spacial score (nSPS) is 17.5. The first kappa shape index (κ1) is 8.76. The molecule has 0 spiro atoms. The molecule has 1 aliphatic carbocycles. The second-order valence-electron chi connectivity index (χ2n) is 3.54. The molecule has 0 atom stereocenters. The van der Waals surface area contributed by atoms with E-state index in [1.54, 1.807) is 0 Å². The average molecular weight is 194 g/mol. The van der Waals surface area contributed by atoms with Crippen molar-refractivity contribution in [3.05, 3.63) is 29.8 Å². The van der Waals surface area contributed by atoms with Gasteiger partial charge in [-0.15, -0.1) is 0 Å². The molecule has 13 heavy (non-hydrogen) atoms. The molecule has 0 radical (unpaired) electrons. The highest BCUT2D eigenvalue weighted by molar-refractivity contribution is 6.66. The van der Waals surface area contributed by atoms with E-state index in [0.29, 0.717) is 5.92 Å². The van der Waals surface area contributed by atoms with Crippen molar-refractivity contribution >= 4 is 22.5 Å². The Balaban J connectivity index is 2.16. The van der Waals surface area contributed by atoms with E-state index in [0.717, 1.165) is 10.9 Å². The monoisotopic (exact) mass is 193 g/mol. The predicted octanol–water partition coefficient (Wildman–Crippen LogP) is 3.67. The van der Waals surface area contributed by atoms with E-state index in [1.165, 1.54) is 18.4 Å². The smallest absolute Gasteiger partial charge is 0.110 e. The zero-order valence-electron chi connectivity index (χ0n) is 7.63. The molecule has 0 saturated heterocycles. The van der Waals surface area contributed by atoms with Crippen molar-refractivity contribution in [1.29, 1.82) is 0 Å². The molecule has 0 heterocycles. The number of nitrogens with zero attached hydrogens (tertiary/aromatic N) is 1. The van der Waals surface area contributed by atoms with Gasteiger partial charge in [0, 0.05) is 5.92 Å². The molecule has 68 valence electrons. The molecule has 1 aromatic rings. The Kier molecular flexibility index (Phi) is 2.36. The molecule has 2 heteroatoms. The van der Waals surface area contributed by atoms with Gasteiger partial charge in [0.05, 0.1) is 5.69 Å². The van der Waals surface area contributed by atoms with Gasteiger partial charge in [-0.1, -0.05) is 29.3 Å². The van der Waals surface area contributed by atoms with Gasteiger partial charge < -0.3 is 0 Å². The van der Waals surface area contributed by atoms with Gasteiger partial charge in [-0.05, 0) is 31.9 Å². The summed E-state index contributed by atoms with van der Waals surface area (Å²) in [6.07, 6.45) is 2.41. The van der Waals surface area contributed by atoms with E-state index in [9.17, 15) is 0 Å². The molecule has 0 aromatic heterocycles. The lowest BCUT2D eigenvalue weighted by Crippen LogP contribution is -1.87. The topological polar surface area (TPSA) is 12.4 Å². The Labute approximate surface area is 83.4 Å². The number of benzene rings is 1. The summed E-state index contributed by atoms with van der Waals surface area (Å²) in [6.45, 7) is 2.07. The molecule has 0 bridgehead atoms. The van der Waals surface area contributed by atoms with Crippen LogP contribution in [0.15, 0.2) is 29.3 Å². The molecule has 2 rings (SSSR count). The highest BCUT2D eigenvalue weighted by Gasteiger charge is 2.26. The van der Waals surface area contributed by atoms with Crippen LogP contribution in [-0.4, -0.2) is 5.17 Å². The average Bonchev–Trinajstić information content (AvgIpc) is 2.91. The summed E-state index contributed by atoms with van der Waals surface area (Å²) in [5, 5.41) is 0.767. The van der Waals surface area contributed by atoms with Gasteiger partial charge in [-0.25, -0.2) is 4.99 Å². The first-order valence-corrected chi connectivity index (χ1v) is 4.94. The standard InChI is InChI=1S/C11H12ClN/c1-8-2-6-10(7-3-8)13-11(12)9-4-5-9/h2-3,6-7,9H,4-5H2,1H3. The fraction of sp³-hybridized carbons (Fsp3) is 0.364. The Morgan fingerprint density at radius 1 is 1.31 bits per heavy atom. The molecule has 1 saturated carbocycles. The molecule has 1 nitrogen and oxygen atoms in total. The largest absolute Gasteiger partial charge is 0.241 e. The van der Waals surface area contributed by atoms with Gasteiger partial charge in [0.15, 0.2) is 0 Å². The second-order valence-corrected chi connectivity index (χ2v) is 3.93. The van der Waals surface area contributed by atoms with Crippen LogP contribution in [-0.2, 0) is 0 Å². The lowest BCUT2D eigenvalue weighted by atomic mass is 10.2. The summed E-state index contributed by atoms with van der Waals surface area (Å²) in [5.74, 6) is 0.544. The molecule has 1 aliphatic rings. The summed E-state index contributed by atoms with van der Waals surface area (Å²) in [5.41, 5.74) is 2.21. The van der Waals surface area contributed by atoms with Crippen LogP contribution >= 0.6 is 11.6 Å². The van der Waals surface area contributed by atoms with Crippen LogP contribution < -0.4 is 0 Å². The van der Waals surface area contributed by atoms with Crippen LogP contribution in [0.25, 0.3) is 0 Å². The van der Waals surface area contributed by atoms with Crippen LogP contribution in [0.1, 0.15) is 18.4 Å². The maximum Gasteiger partial charge on any atom is 0.110 e. The molecule has 0 unspecified atom stereocenters. The van der Waals surface area contributed by atoms with Crippen LogP contribution in [0.3, 0.4) is 0 Å². The lowest BCUT2D eigenvalue weighted by Gasteiger charge is -1.96. The maximum atomic E-state index is 6.00.